The summed E-state index contributed by atoms with van der Waals surface area (Å²) >= 11 is 0. The van der Waals surface area contributed by atoms with E-state index in [1.54, 1.807) is 6.20 Å². The molecule has 16 heavy (non-hydrogen) atoms. The Morgan fingerprint density at radius 2 is 2.25 bits per heavy atom. The standard InChI is InChI=1S/C12H14FN3/c1-7-2-8-4-15-16-12(8)3-9(7)10-5-14-6-11(10)13/h2-4,10-11,14H,5-6H2,1H3,(H,15,16). The lowest BCUT2D eigenvalue weighted by Crippen LogP contribution is -2.12. The Kier molecular flexibility index (Phi) is 2.17. The van der Waals surface area contributed by atoms with Crippen molar-refractivity contribution < 1.29 is 4.39 Å². The van der Waals surface area contributed by atoms with Crippen LogP contribution in [0.1, 0.15) is 17.0 Å². The maximum Gasteiger partial charge on any atom is 0.121 e. The van der Waals surface area contributed by atoms with Crippen molar-refractivity contribution in [1.29, 1.82) is 0 Å². The molecular formula is C12H14FN3. The van der Waals surface area contributed by atoms with Gasteiger partial charge >= 0.3 is 0 Å². The summed E-state index contributed by atoms with van der Waals surface area (Å²) in [7, 11) is 0. The number of rotatable bonds is 1. The lowest BCUT2D eigenvalue weighted by atomic mass is 9.92. The minimum absolute atomic E-state index is 0.0206. The summed E-state index contributed by atoms with van der Waals surface area (Å²) in [5.74, 6) is -0.0206. The summed E-state index contributed by atoms with van der Waals surface area (Å²) in [6, 6.07) is 4.10. The minimum atomic E-state index is -0.779. The summed E-state index contributed by atoms with van der Waals surface area (Å²) in [6.45, 7) is 3.22. The number of benzene rings is 1. The molecular weight excluding hydrogens is 205 g/mol. The van der Waals surface area contributed by atoms with Crippen molar-refractivity contribution in [1.82, 2.24) is 15.5 Å². The average molecular weight is 219 g/mol. The third kappa shape index (κ3) is 1.41. The zero-order valence-corrected chi connectivity index (χ0v) is 9.13. The van der Waals surface area contributed by atoms with Crippen LogP contribution < -0.4 is 5.32 Å². The van der Waals surface area contributed by atoms with E-state index in [4.69, 9.17) is 0 Å². The fraction of sp³-hybridized carbons (Fsp3) is 0.417. The highest BCUT2D eigenvalue weighted by Crippen LogP contribution is 2.30. The molecule has 0 radical (unpaired) electrons. The number of alkyl halides is 1. The van der Waals surface area contributed by atoms with Crippen molar-refractivity contribution in [2.75, 3.05) is 13.1 Å². The third-order valence-corrected chi connectivity index (χ3v) is 3.37. The van der Waals surface area contributed by atoms with Crippen molar-refractivity contribution >= 4 is 10.9 Å². The number of aryl methyl sites for hydroxylation is 1. The number of nitrogens with zero attached hydrogens (tertiary/aromatic N) is 1. The lowest BCUT2D eigenvalue weighted by Gasteiger charge is -2.15. The van der Waals surface area contributed by atoms with Crippen LogP contribution in [0.15, 0.2) is 18.3 Å². The lowest BCUT2D eigenvalue weighted by molar-refractivity contribution is 0.331. The number of halogens is 1. The van der Waals surface area contributed by atoms with Gasteiger partial charge in [0.15, 0.2) is 0 Å². The first-order valence-corrected chi connectivity index (χ1v) is 5.54. The van der Waals surface area contributed by atoms with Crippen molar-refractivity contribution in [3.63, 3.8) is 0 Å². The van der Waals surface area contributed by atoms with E-state index < -0.39 is 6.17 Å². The molecule has 2 N–H and O–H groups in total. The smallest absolute Gasteiger partial charge is 0.121 e. The number of nitrogens with one attached hydrogen (secondary N) is 2. The Morgan fingerprint density at radius 1 is 1.38 bits per heavy atom. The topological polar surface area (TPSA) is 40.7 Å². The van der Waals surface area contributed by atoms with Crippen LogP contribution in [0.5, 0.6) is 0 Å². The van der Waals surface area contributed by atoms with Gasteiger partial charge in [-0.05, 0) is 30.2 Å². The highest BCUT2D eigenvalue weighted by molar-refractivity contribution is 5.79. The zero-order valence-electron chi connectivity index (χ0n) is 9.13. The summed E-state index contributed by atoms with van der Waals surface area (Å²) < 4.78 is 13.7. The third-order valence-electron chi connectivity index (χ3n) is 3.37. The van der Waals surface area contributed by atoms with E-state index in [1.165, 1.54) is 0 Å². The van der Waals surface area contributed by atoms with Crippen LogP contribution in [0.2, 0.25) is 0 Å². The van der Waals surface area contributed by atoms with Crippen LogP contribution in [0.4, 0.5) is 4.39 Å². The summed E-state index contributed by atoms with van der Waals surface area (Å²) in [6.07, 6.45) is 1.02. The van der Waals surface area contributed by atoms with Gasteiger partial charge in [0.1, 0.15) is 6.17 Å². The molecule has 0 spiro atoms. The van der Waals surface area contributed by atoms with Crippen LogP contribution in [-0.4, -0.2) is 29.5 Å². The van der Waals surface area contributed by atoms with E-state index in [-0.39, 0.29) is 5.92 Å². The molecule has 4 heteroatoms. The van der Waals surface area contributed by atoms with Crippen LogP contribution in [-0.2, 0) is 0 Å². The monoisotopic (exact) mass is 219 g/mol. The first kappa shape index (κ1) is 9.78. The fourth-order valence-corrected chi connectivity index (χ4v) is 2.47. The molecule has 1 aromatic heterocycles. The Bertz CT molecular complexity index is 520. The van der Waals surface area contributed by atoms with Crippen molar-refractivity contribution in [2.24, 2.45) is 0 Å². The molecule has 2 aromatic rings. The van der Waals surface area contributed by atoms with Crippen LogP contribution in [0, 0.1) is 6.92 Å². The van der Waals surface area contributed by atoms with Gasteiger partial charge < -0.3 is 5.32 Å². The van der Waals surface area contributed by atoms with Crippen LogP contribution in [0.3, 0.4) is 0 Å². The van der Waals surface area contributed by atoms with Gasteiger partial charge in [0.2, 0.25) is 0 Å². The second kappa shape index (κ2) is 3.56. The SMILES string of the molecule is Cc1cc2cn[nH]c2cc1C1CNCC1F. The van der Waals surface area contributed by atoms with E-state index in [1.807, 2.05) is 13.0 Å². The number of aromatic amines is 1. The molecule has 0 aliphatic carbocycles. The average Bonchev–Trinajstić information content (AvgIpc) is 2.85. The van der Waals surface area contributed by atoms with E-state index >= 15 is 0 Å². The van der Waals surface area contributed by atoms with Gasteiger partial charge in [0, 0.05) is 24.4 Å². The first-order valence-electron chi connectivity index (χ1n) is 5.54. The van der Waals surface area contributed by atoms with Crippen molar-refractivity contribution in [3.05, 3.63) is 29.5 Å². The number of fused-ring (bicyclic) bond motifs is 1. The van der Waals surface area contributed by atoms with Gasteiger partial charge in [-0.15, -0.1) is 0 Å². The molecule has 0 bridgehead atoms. The molecule has 3 nitrogen and oxygen atoms in total. The van der Waals surface area contributed by atoms with Crippen LogP contribution in [0.25, 0.3) is 10.9 Å². The summed E-state index contributed by atoms with van der Waals surface area (Å²) in [5, 5.41) is 11.1. The number of hydrogen-bond donors (Lipinski definition) is 2. The van der Waals surface area contributed by atoms with E-state index in [2.05, 4.69) is 21.6 Å². The molecule has 1 saturated heterocycles. The van der Waals surface area contributed by atoms with Crippen molar-refractivity contribution in [3.8, 4) is 0 Å². The summed E-state index contributed by atoms with van der Waals surface area (Å²) in [5.41, 5.74) is 3.22. The number of aromatic nitrogens is 2. The Labute approximate surface area is 93.0 Å². The highest BCUT2D eigenvalue weighted by Gasteiger charge is 2.29. The predicted octanol–water partition coefficient (Wildman–Crippen LogP) is 1.90. The van der Waals surface area contributed by atoms with Gasteiger partial charge in [0.25, 0.3) is 0 Å². The molecule has 0 amide bonds. The Balaban J connectivity index is 2.11. The maximum absolute atomic E-state index is 13.7. The normalized spacial score (nSPS) is 25.4. The van der Waals surface area contributed by atoms with E-state index in [0.717, 1.165) is 28.6 Å². The van der Waals surface area contributed by atoms with Crippen LogP contribution >= 0.6 is 0 Å². The maximum atomic E-state index is 13.7. The summed E-state index contributed by atoms with van der Waals surface area (Å²) in [4.78, 5) is 0. The largest absolute Gasteiger partial charge is 0.313 e. The number of H-pyrrole nitrogens is 1. The fourth-order valence-electron chi connectivity index (χ4n) is 2.47. The molecule has 84 valence electrons. The van der Waals surface area contributed by atoms with Gasteiger partial charge in [-0.2, -0.15) is 5.10 Å². The molecule has 2 atom stereocenters. The van der Waals surface area contributed by atoms with Gasteiger partial charge in [-0.3, -0.25) is 5.10 Å². The Morgan fingerprint density at radius 3 is 3.00 bits per heavy atom. The van der Waals surface area contributed by atoms with E-state index in [0.29, 0.717) is 6.54 Å². The number of hydrogen-bond acceptors (Lipinski definition) is 2. The molecule has 2 heterocycles. The Hall–Kier alpha value is -1.42. The minimum Gasteiger partial charge on any atom is -0.313 e. The van der Waals surface area contributed by atoms with Gasteiger partial charge in [0.05, 0.1) is 11.7 Å². The van der Waals surface area contributed by atoms with Crippen molar-refractivity contribution in [2.45, 2.75) is 19.0 Å². The first-order chi connectivity index (χ1) is 7.75. The molecule has 2 unspecified atom stereocenters. The van der Waals surface area contributed by atoms with Gasteiger partial charge in [-0.1, -0.05) is 0 Å². The van der Waals surface area contributed by atoms with E-state index in [9.17, 15) is 4.39 Å². The molecule has 1 fully saturated rings. The molecule has 0 saturated carbocycles. The molecule has 3 rings (SSSR count). The molecule has 1 aliphatic rings. The quantitative estimate of drug-likeness (QED) is 0.769. The zero-order chi connectivity index (χ0) is 11.1. The second-order valence-electron chi connectivity index (χ2n) is 4.45. The molecule has 1 aliphatic heterocycles. The highest BCUT2D eigenvalue weighted by atomic mass is 19.1. The van der Waals surface area contributed by atoms with Gasteiger partial charge in [-0.25, -0.2) is 4.39 Å². The molecule has 1 aromatic carbocycles. The predicted molar refractivity (Wildman–Crippen MR) is 61.3 cm³/mol. The second-order valence-corrected chi connectivity index (χ2v) is 4.45.